The summed E-state index contributed by atoms with van der Waals surface area (Å²) in [6.45, 7) is 6.79. The summed E-state index contributed by atoms with van der Waals surface area (Å²) >= 11 is 0. The van der Waals surface area contributed by atoms with Crippen molar-refractivity contribution in [3.05, 3.63) is 24.3 Å². The fourth-order valence-electron chi connectivity index (χ4n) is 3.82. The molecule has 1 saturated heterocycles. The van der Waals surface area contributed by atoms with Crippen molar-refractivity contribution >= 4 is 15.5 Å². The minimum atomic E-state index is -2.88. The minimum absolute atomic E-state index is 0.192. The van der Waals surface area contributed by atoms with Gasteiger partial charge in [-0.15, -0.1) is 0 Å². The summed E-state index contributed by atoms with van der Waals surface area (Å²) in [5, 5.41) is 10.1. The lowest BCUT2D eigenvalue weighted by Crippen LogP contribution is -2.40. The van der Waals surface area contributed by atoms with Gasteiger partial charge >= 0.3 is 0 Å². The molecule has 1 atom stereocenters. The molecule has 2 rings (SSSR count). The van der Waals surface area contributed by atoms with Gasteiger partial charge in [-0.1, -0.05) is 58.8 Å². The van der Waals surface area contributed by atoms with E-state index in [0.717, 1.165) is 18.0 Å². The van der Waals surface area contributed by atoms with Crippen LogP contribution in [0.2, 0.25) is 0 Å². The molecular formula is C25H43NO5S. The molecule has 0 amide bonds. The highest BCUT2D eigenvalue weighted by atomic mass is 32.2. The average molecular weight is 470 g/mol. The van der Waals surface area contributed by atoms with Crippen molar-refractivity contribution in [2.75, 3.05) is 49.3 Å². The molecule has 184 valence electrons. The third kappa shape index (κ3) is 11.5. The summed E-state index contributed by atoms with van der Waals surface area (Å²) < 4.78 is 34.3. The van der Waals surface area contributed by atoms with Crippen LogP contribution in [-0.2, 0) is 14.6 Å². The zero-order chi connectivity index (χ0) is 23.2. The Bertz CT molecular complexity index is 706. The molecule has 1 unspecified atom stereocenters. The van der Waals surface area contributed by atoms with E-state index >= 15 is 0 Å². The maximum absolute atomic E-state index is 11.6. The zero-order valence-corrected chi connectivity index (χ0v) is 20.8. The highest BCUT2D eigenvalue weighted by molar-refractivity contribution is 7.91. The second-order valence-corrected chi connectivity index (χ2v) is 11.6. The number of aliphatic hydroxyl groups is 1. The number of hydrogen-bond donors (Lipinski definition) is 1. The predicted octanol–water partition coefficient (Wildman–Crippen LogP) is 4.45. The summed E-state index contributed by atoms with van der Waals surface area (Å²) in [5.41, 5.74) is 0.992. The second kappa shape index (κ2) is 14.8. The molecule has 0 aromatic heterocycles. The van der Waals surface area contributed by atoms with Crippen LogP contribution in [0.25, 0.3) is 0 Å². The van der Waals surface area contributed by atoms with Gasteiger partial charge in [-0.05, 0) is 36.6 Å². The van der Waals surface area contributed by atoms with Gasteiger partial charge in [0.2, 0.25) is 0 Å². The van der Waals surface area contributed by atoms with Gasteiger partial charge in [0, 0.05) is 25.4 Å². The standard InChI is InChI=1S/C25H43NO5S/c1-22(2)10-8-6-4-3-5-7-9-17-30-20-24(27)21-31-25-13-11-23(12-14-25)26-15-18-32(28,29)19-16-26/h11-14,22,24,27H,3-10,15-21H2,1-2H3. The summed E-state index contributed by atoms with van der Waals surface area (Å²) in [6.07, 6.45) is 9.54. The van der Waals surface area contributed by atoms with Crippen molar-refractivity contribution in [1.29, 1.82) is 0 Å². The molecular weight excluding hydrogens is 426 g/mol. The van der Waals surface area contributed by atoms with E-state index in [4.69, 9.17) is 9.47 Å². The molecule has 7 heteroatoms. The first-order valence-corrected chi connectivity index (χ1v) is 14.1. The van der Waals surface area contributed by atoms with E-state index in [0.29, 0.717) is 25.4 Å². The van der Waals surface area contributed by atoms with Crippen molar-refractivity contribution in [1.82, 2.24) is 0 Å². The molecule has 0 saturated carbocycles. The third-order valence-corrected chi connectivity index (χ3v) is 7.48. The Morgan fingerprint density at radius 3 is 2.12 bits per heavy atom. The maximum Gasteiger partial charge on any atom is 0.153 e. The summed E-state index contributed by atoms with van der Waals surface area (Å²) in [6, 6.07) is 7.57. The van der Waals surface area contributed by atoms with Crippen LogP contribution in [-0.4, -0.2) is 64.0 Å². The van der Waals surface area contributed by atoms with Gasteiger partial charge in [-0.3, -0.25) is 0 Å². The summed E-state index contributed by atoms with van der Waals surface area (Å²) in [5.74, 6) is 1.92. The smallest absolute Gasteiger partial charge is 0.153 e. The molecule has 0 spiro atoms. The Morgan fingerprint density at radius 1 is 0.906 bits per heavy atom. The number of nitrogens with zero attached hydrogens (tertiary/aromatic N) is 1. The number of anilines is 1. The Kier molecular flexibility index (Phi) is 12.4. The highest BCUT2D eigenvalue weighted by Crippen LogP contribution is 2.21. The normalized spacial score (nSPS) is 16.9. The van der Waals surface area contributed by atoms with E-state index in [-0.39, 0.29) is 24.7 Å². The van der Waals surface area contributed by atoms with Gasteiger partial charge in [0.1, 0.15) is 18.5 Å². The molecule has 6 nitrogen and oxygen atoms in total. The lowest BCUT2D eigenvalue weighted by atomic mass is 10.0. The number of ether oxygens (including phenoxy) is 2. The van der Waals surface area contributed by atoms with E-state index in [1.807, 2.05) is 24.3 Å². The summed E-state index contributed by atoms with van der Waals surface area (Å²) in [7, 11) is -2.88. The first-order valence-electron chi connectivity index (χ1n) is 12.3. The Morgan fingerprint density at radius 2 is 1.50 bits per heavy atom. The molecule has 0 aliphatic carbocycles. The van der Waals surface area contributed by atoms with Crippen molar-refractivity contribution in [2.24, 2.45) is 5.92 Å². The molecule has 0 radical (unpaired) electrons. The lowest BCUT2D eigenvalue weighted by Gasteiger charge is -2.28. The Labute approximate surface area is 195 Å². The first-order chi connectivity index (χ1) is 15.4. The predicted molar refractivity (Wildman–Crippen MR) is 131 cm³/mol. The van der Waals surface area contributed by atoms with Crippen molar-refractivity contribution in [3.8, 4) is 5.75 Å². The van der Waals surface area contributed by atoms with E-state index in [1.54, 1.807) is 0 Å². The number of sulfone groups is 1. The quantitative estimate of drug-likeness (QED) is 0.360. The van der Waals surface area contributed by atoms with Gasteiger partial charge in [-0.2, -0.15) is 0 Å². The number of benzene rings is 1. The number of unbranched alkanes of at least 4 members (excludes halogenated alkanes) is 6. The van der Waals surface area contributed by atoms with Gasteiger partial charge in [0.05, 0.1) is 18.1 Å². The van der Waals surface area contributed by atoms with E-state index < -0.39 is 15.9 Å². The zero-order valence-electron chi connectivity index (χ0n) is 20.0. The number of aliphatic hydroxyl groups excluding tert-OH is 1. The van der Waals surface area contributed by atoms with Crippen LogP contribution in [0.4, 0.5) is 5.69 Å². The fraction of sp³-hybridized carbons (Fsp3) is 0.760. The molecule has 1 aliphatic heterocycles. The summed E-state index contributed by atoms with van der Waals surface area (Å²) in [4.78, 5) is 2.07. The van der Waals surface area contributed by atoms with E-state index in [9.17, 15) is 13.5 Å². The number of rotatable bonds is 16. The molecule has 32 heavy (non-hydrogen) atoms. The SMILES string of the molecule is CC(C)CCCCCCCCCOCC(O)COc1ccc(N2CCS(=O)(=O)CC2)cc1. The van der Waals surface area contributed by atoms with E-state index in [2.05, 4.69) is 18.7 Å². The molecule has 1 aliphatic rings. The van der Waals surface area contributed by atoms with Crippen LogP contribution in [0.15, 0.2) is 24.3 Å². The van der Waals surface area contributed by atoms with Gasteiger partial charge in [-0.25, -0.2) is 8.42 Å². The molecule has 1 aromatic rings. The molecule has 0 bridgehead atoms. The Hall–Kier alpha value is -1.31. The van der Waals surface area contributed by atoms with Crippen LogP contribution in [0, 0.1) is 5.92 Å². The third-order valence-electron chi connectivity index (χ3n) is 5.87. The van der Waals surface area contributed by atoms with Crippen LogP contribution in [0.3, 0.4) is 0 Å². The first kappa shape index (κ1) is 26.9. The minimum Gasteiger partial charge on any atom is -0.491 e. The van der Waals surface area contributed by atoms with Crippen LogP contribution < -0.4 is 9.64 Å². The largest absolute Gasteiger partial charge is 0.491 e. The Balaban J connectivity index is 1.47. The van der Waals surface area contributed by atoms with Crippen molar-refractivity contribution in [2.45, 2.75) is 71.3 Å². The van der Waals surface area contributed by atoms with Crippen molar-refractivity contribution < 1.29 is 23.0 Å². The van der Waals surface area contributed by atoms with Crippen LogP contribution >= 0.6 is 0 Å². The van der Waals surface area contributed by atoms with Crippen molar-refractivity contribution in [3.63, 3.8) is 0 Å². The second-order valence-electron chi connectivity index (χ2n) is 9.33. The topological polar surface area (TPSA) is 76.1 Å². The number of hydrogen-bond acceptors (Lipinski definition) is 6. The molecule has 1 N–H and O–H groups in total. The average Bonchev–Trinajstić information content (AvgIpc) is 2.76. The van der Waals surface area contributed by atoms with E-state index in [1.165, 1.54) is 44.9 Å². The highest BCUT2D eigenvalue weighted by Gasteiger charge is 2.21. The lowest BCUT2D eigenvalue weighted by molar-refractivity contribution is 0.0110. The maximum atomic E-state index is 11.6. The van der Waals surface area contributed by atoms with Gasteiger partial charge in [0.15, 0.2) is 9.84 Å². The van der Waals surface area contributed by atoms with Crippen LogP contribution in [0.5, 0.6) is 5.75 Å². The molecule has 1 heterocycles. The van der Waals surface area contributed by atoms with Crippen LogP contribution in [0.1, 0.15) is 65.2 Å². The fourth-order valence-corrected chi connectivity index (χ4v) is 5.03. The molecule has 1 fully saturated rings. The van der Waals surface area contributed by atoms with Gasteiger partial charge in [0.25, 0.3) is 0 Å². The van der Waals surface area contributed by atoms with Gasteiger partial charge < -0.3 is 19.5 Å². The molecule has 1 aromatic carbocycles. The monoisotopic (exact) mass is 469 g/mol.